The summed E-state index contributed by atoms with van der Waals surface area (Å²) in [6.07, 6.45) is -0.200. The molecule has 13 heteroatoms. The highest BCUT2D eigenvalue weighted by Gasteiger charge is 2.38. The number of nitrogens with zero attached hydrogens (tertiary/aromatic N) is 5. The Bertz CT molecular complexity index is 1610. The van der Waals surface area contributed by atoms with E-state index >= 15 is 0 Å². The van der Waals surface area contributed by atoms with Gasteiger partial charge in [-0.25, -0.2) is 8.42 Å². The van der Waals surface area contributed by atoms with Crippen LogP contribution >= 0.6 is 22.9 Å². The summed E-state index contributed by atoms with van der Waals surface area (Å²) in [5, 5.41) is 4.23. The first-order valence-corrected chi connectivity index (χ1v) is 16.4. The number of hydrogen-bond donors (Lipinski definition) is 0. The number of rotatable bonds is 7. The summed E-state index contributed by atoms with van der Waals surface area (Å²) < 4.78 is 33.9. The predicted octanol–water partition coefficient (Wildman–Crippen LogP) is 2.16. The molecule has 0 saturated carbocycles. The maximum atomic E-state index is 13.7. The summed E-state index contributed by atoms with van der Waals surface area (Å²) in [6.45, 7) is 3.78. The lowest BCUT2D eigenvalue weighted by molar-refractivity contribution is -0.151. The predicted molar refractivity (Wildman–Crippen MR) is 159 cm³/mol. The Morgan fingerprint density at radius 1 is 1.07 bits per heavy atom. The number of halogens is 1. The van der Waals surface area contributed by atoms with E-state index in [1.165, 1.54) is 0 Å². The maximum absolute atomic E-state index is 13.7. The highest BCUT2D eigenvalue weighted by molar-refractivity contribution is 7.91. The Morgan fingerprint density at radius 3 is 2.54 bits per heavy atom. The number of sulfone groups is 1. The highest BCUT2D eigenvalue weighted by atomic mass is 35.5. The zero-order valence-corrected chi connectivity index (χ0v) is 25.6. The van der Waals surface area contributed by atoms with E-state index in [4.69, 9.17) is 16.3 Å². The molecule has 3 heterocycles. The molecule has 0 spiro atoms. The Labute approximate surface area is 248 Å². The zero-order chi connectivity index (χ0) is 29.1. The van der Waals surface area contributed by atoms with Gasteiger partial charge in [-0.05, 0) is 35.0 Å². The molecule has 2 fully saturated rings. The first-order valence-electron chi connectivity index (χ1n) is 13.5. The first kappa shape index (κ1) is 29.7. The topological polar surface area (TPSA) is 105 Å². The van der Waals surface area contributed by atoms with Crippen LogP contribution in [0.25, 0.3) is 10.8 Å². The maximum Gasteiger partial charge on any atom is 0.246 e. The van der Waals surface area contributed by atoms with Crippen LogP contribution in [0.5, 0.6) is 0 Å². The summed E-state index contributed by atoms with van der Waals surface area (Å²) in [4.78, 5) is 38.0. The average molecular weight is 620 g/mol. The zero-order valence-electron chi connectivity index (χ0n) is 23.2. The second-order valence-corrected chi connectivity index (χ2v) is 13.7. The number of benzene rings is 2. The quantitative estimate of drug-likeness (QED) is 0.402. The molecular formula is C28H34ClN5O5S2. The van der Waals surface area contributed by atoms with Gasteiger partial charge in [0.2, 0.25) is 11.8 Å². The smallest absolute Gasteiger partial charge is 0.246 e. The average Bonchev–Trinajstić information content (AvgIpc) is 3.34. The Balaban J connectivity index is 1.30. The van der Waals surface area contributed by atoms with Crippen LogP contribution in [0.1, 0.15) is 12.1 Å². The lowest BCUT2D eigenvalue weighted by Crippen LogP contribution is -2.62. The van der Waals surface area contributed by atoms with Gasteiger partial charge < -0.3 is 19.1 Å². The van der Waals surface area contributed by atoms with Crippen LogP contribution in [0.15, 0.2) is 51.7 Å². The van der Waals surface area contributed by atoms with E-state index in [1.54, 1.807) is 64.6 Å². The van der Waals surface area contributed by atoms with Crippen LogP contribution < -0.4 is 4.80 Å². The molecule has 0 bridgehead atoms. The van der Waals surface area contributed by atoms with E-state index in [0.717, 1.165) is 21.3 Å². The Kier molecular flexibility index (Phi) is 9.15. The summed E-state index contributed by atoms with van der Waals surface area (Å²) in [6, 6.07) is 9.44. The van der Waals surface area contributed by atoms with Gasteiger partial charge in [0.05, 0.1) is 23.9 Å². The lowest BCUT2D eigenvalue weighted by atomic mass is 10.1. The van der Waals surface area contributed by atoms with Crippen LogP contribution in [0.2, 0.25) is 5.02 Å². The fraction of sp³-hybridized carbons (Fsp3) is 0.464. The van der Waals surface area contributed by atoms with Crippen LogP contribution in [-0.4, -0.2) is 104 Å². The van der Waals surface area contributed by atoms with Crippen molar-refractivity contribution in [3.05, 3.63) is 57.3 Å². The van der Waals surface area contributed by atoms with Gasteiger partial charge in [0.25, 0.3) is 0 Å². The molecule has 5 rings (SSSR count). The minimum atomic E-state index is -3.72. The van der Waals surface area contributed by atoms with Gasteiger partial charge in [-0.1, -0.05) is 23.7 Å². The molecule has 0 radical (unpaired) electrons. The van der Waals surface area contributed by atoms with Crippen LogP contribution in [-0.2, 0) is 37.8 Å². The third-order valence-corrected chi connectivity index (χ3v) is 10.7. The molecule has 2 aliphatic heterocycles. The van der Waals surface area contributed by atoms with Gasteiger partial charge in [-0.3, -0.25) is 19.5 Å². The molecule has 0 N–H and O–H groups in total. The SMILES string of the molecule is C/N=c1\scc(CN2CCN(C(=O)CCS(=O)(=O)c3ccc4cc(Cl)ccc4c3)C(C(=O)N3CCOCC3)C2)n1C. The van der Waals surface area contributed by atoms with E-state index in [2.05, 4.69) is 15.3 Å². The van der Waals surface area contributed by atoms with Crippen molar-refractivity contribution in [1.82, 2.24) is 19.3 Å². The van der Waals surface area contributed by atoms with Gasteiger partial charge in [-0.15, -0.1) is 11.3 Å². The third kappa shape index (κ3) is 6.67. The minimum absolute atomic E-state index is 0.124. The monoisotopic (exact) mass is 619 g/mol. The van der Waals surface area contributed by atoms with Crippen molar-refractivity contribution in [1.29, 1.82) is 0 Å². The van der Waals surface area contributed by atoms with Crippen LogP contribution in [0.3, 0.4) is 0 Å². The van der Waals surface area contributed by atoms with Crippen molar-refractivity contribution < 1.29 is 22.7 Å². The summed E-state index contributed by atoms with van der Waals surface area (Å²) in [5.74, 6) is -0.792. The number of amides is 2. The van der Waals surface area contributed by atoms with Crippen molar-refractivity contribution >= 4 is 55.4 Å². The Hall–Kier alpha value is -2.77. The van der Waals surface area contributed by atoms with Gasteiger partial charge in [0, 0.05) is 75.9 Å². The fourth-order valence-corrected chi connectivity index (χ4v) is 7.63. The van der Waals surface area contributed by atoms with Gasteiger partial charge >= 0.3 is 0 Å². The number of hydrogen-bond acceptors (Lipinski definition) is 8. The molecule has 220 valence electrons. The molecule has 2 aliphatic rings. The summed E-state index contributed by atoms with van der Waals surface area (Å²) >= 11 is 7.61. The van der Waals surface area contributed by atoms with Gasteiger partial charge in [0.1, 0.15) is 6.04 Å². The largest absolute Gasteiger partial charge is 0.378 e. The van der Waals surface area contributed by atoms with Gasteiger partial charge in [-0.2, -0.15) is 0 Å². The van der Waals surface area contributed by atoms with Crippen molar-refractivity contribution in [3.63, 3.8) is 0 Å². The van der Waals surface area contributed by atoms with Crippen LogP contribution in [0.4, 0.5) is 0 Å². The molecule has 2 aromatic carbocycles. The first-order chi connectivity index (χ1) is 19.7. The van der Waals surface area contributed by atoms with Crippen molar-refractivity contribution in [2.24, 2.45) is 12.0 Å². The lowest BCUT2D eigenvalue weighted by Gasteiger charge is -2.43. The third-order valence-electron chi connectivity index (χ3n) is 7.71. The van der Waals surface area contributed by atoms with Crippen molar-refractivity contribution in [2.45, 2.75) is 23.9 Å². The fourth-order valence-electron chi connectivity index (χ4n) is 5.34. The molecule has 2 amide bonds. The molecule has 1 aromatic heterocycles. The van der Waals surface area contributed by atoms with Crippen LogP contribution in [0, 0.1) is 0 Å². The molecule has 0 aliphatic carbocycles. The molecule has 2 saturated heterocycles. The molecule has 10 nitrogen and oxygen atoms in total. The van der Waals surface area contributed by atoms with E-state index in [9.17, 15) is 18.0 Å². The van der Waals surface area contributed by atoms with Crippen molar-refractivity contribution in [2.75, 3.05) is 58.7 Å². The number of aromatic nitrogens is 1. The standard InChI is InChI=1S/C28H34ClN5O5S2/c1-30-28-31(2)23(19-40-28)17-32-8-9-34(25(18-32)27(36)33-10-12-39-13-11-33)26(35)7-14-41(37,38)24-6-4-20-15-22(29)5-3-21(20)16-24/h3-6,15-16,19,25H,7-14,17-18H2,1-2H3/b30-28-. The van der Waals surface area contributed by atoms with E-state index in [-0.39, 0.29) is 28.9 Å². The van der Waals surface area contributed by atoms with Crippen molar-refractivity contribution in [3.8, 4) is 0 Å². The number of morpholine rings is 1. The number of carbonyl (C=O) groups excluding carboxylic acids is 2. The molecule has 1 unspecified atom stereocenters. The summed E-state index contributed by atoms with van der Waals surface area (Å²) in [7, 11) is 0.00134. The minimum Gasteiger partial charge on any atom is -0.378 e. The summed E-state index contributed by atoms with van der Waals surface area (Å²) in [5.41, 5.74) is 1.08. The number of fused-ring (bicyclic) bond motifs is 1. The number of ether oxygens (including phenoxy) is 1. The number of piperazine rings is 1. The van der Waals surface area contributed by atoms with E-state index in [1.807, 2.05) is 11.6 Å². The highest BCUT2D eigenvalue weighted by Crippen LogP contribution is 2.24. The van der Waals surface area contributed by atoms with E-state index < -0.39 is 15.9 Å². The second-order valence-electron chi connectivity index (χ2n) is 10.3. The Morgan fingerprint density at radius 2 is 1.80 bits per heavy atom. The molecular weight excluding hydrogens is 586 g/mol. The molecule has 1 atom stereocenters. The molecule has 41 heavy (non-hydrogen) atoms. The molecule has 3 aromatic rings. The normalized spacial score (nSPS) is 19.2. The van der Waals surface area contributed by atoms with E-state index in [0.29, 0.717) is 57.5 Å². The number of carbonyl (C=O) groups is 2. The second kappa shape index (κ2) is 12.6. The van der Waals surface area contributed by atoms with Gasteiger partial charge in [0.15, 0.2) is 14.6 Å². The number of thiazole rings is 1.